The van der Waals surface area contributed by atoms with Gasteiger partial charge in [-0.3, -0.25) is 14.9 Å². The minimum atomic E-state index is -0.428. The fraction of sp³-hybridized carbons (Fsp3) is 0.462. The lowest BCUT2D eigenvalue weighted by atomic mass is 10.0. The Morgan fingerprint density at radius 3 is 2.53 bits per heavy atom. The van der Waals surface area contributed by atoms with Crippen LogP contribution < -0.4 is 11.1 Å². The molecule has 6 heteroatoms. The Labute approximate surface area is 112 Å². The zero-order valence-corrected chi connectivity index (χ0v) is 11.4. The third-order valence-electron chi connectivity index (χ3n) is 3.15. The van der Waals surface area contributed by atoms with E-state index in [9.17, 15) is 14.9 Å². The number of anilines is 1. The van der Waals surface area contributed by atoms with E-state index in [1.807, 2.05) is 6.92 Å². The molecule has 1 amide bonds. The maximum Gasteiger partial charge on any atom is 0.272 e. The molecule has 19 heavy (non-hydrogen) atoms. The van der Waals surface area contributed by atoms with Crippen molar-refractivity contribution in [1.82, 2.24) is 0 Å². The van der Waals surface area contributed by atoms with Gasteiger partial charge in [0.2, 0.25) is 5.91 Å². The van der Waals surface area contributed by atoms with E-state index in [0.29, 0.717) is 23.2 Å². The summed E-state index contributed by atoms with van der Waals surface area (Å²) in [6, 6.07) is 3.09. The third-order valence-corrected chi connectivity index (χ3v) is 3.15. The lowest BCUT2D eigenvalue weighted by Crippen LogP contribution is -2.28. The Kier molecular flexibility index (Phi) is 5.00. The van der Waals surface area contributed by atoms with Crippen molar-refractivity contribution in [3.05, 3.63) is 33.4 Å². The molecule has 0 bridgehead atoms. The molecule has 0 fully saturated rings. The topological polar surface area (TPSA) is 98.3 Å². The van der Waals surface area contributed by atoms with E-state index in [1.165, 1.54) is 6.07 Å². The van der Waals surface area contributed by atoms with Gasteiger partial charge < -0.3 is 11.1 Å². The Bertz CT molecular complexity index is 496. The Morgan fingerprint density at radius 1 is 1.42 bits per heavy atom. The van der Waals surface area contributed by atoms with Crippen LogP contribution >= 0.6 is 0 Å². The highest BCUT2D eigenvalue weighted by molar-refractivity contribution is 5.93. The van der Waals surface area contributed by atoms with Crippen LogP contribution in [-0.2, 0) is 4.79 Å². The number of nitrogens with one attached hydrogen (secondary N) is 1. The van der Waals surface area contributed by atoms with Crippen LogP contribution in [-0.4, -0.2) is 17.4 Å². The van der Waals surface area contributed by atoms with Crippen molar-refractivity contribution in [2.45, 2.75) is 27.2 Å². The fourth-order valence-corrected chi connectivity index (χ4v) is 1.83. The second kappa shape index (κ2) is 6.29. The van der Waals surface area contributed by atoms with E-state index in [2.05, 4.69) is 5.32 Å². The lowest BCUT2D eigenvalue weighted by molar-refractivity contribution is -0.385. The molecule has 6 nitrogen and oxygen atoms in total. The second-order valence-corrected chi connectivity index (χ2v) is 4.54. The number of amides is 1. The number of carbonyl (C=O) groups is 1. The molecule has 3 N–H and O–H groups in total. The predicted molar refractivity (Wildman–Crippen MR) is 74.0 cm³/mol. The SMILES string of the molecule is CCC(CN)C(=O)Nc1cc(C)c([N+](=O)[O-])cc1C. The Hall–Kier alpha value is -1.95. The summed E-state index contributed by atoms with van der Waals surface area (Å²) < 4.78 is 0. The van der Waals surface area contributed by atoms with Crippen LogP contribution in [0.1, 0.15) is 24.5 Å². The first-order valence-corrected chi connectivity index (χ1v) is 6.17. The molecular formula is C13H19N3O3. The molecule has 0 heterocycles. The number of nitro benzene ring substituents is 1. The van der Waals surface area contributed by atoms with Crippen molar-refractivity contribution < 1.29 is 9.72 Å². The summed E-state index contributed by atoms with van der Waals surface area (Å²) in [6.07, 6.45) is 0.660. The van der Waals surface area contributed by atoms with Gasteiger partial charge in [0.15, 0.2) is 0 Å². The van der Waals surface area contributed by atoms with Gasteiger partial charge in [0, 0.05) is 23.9 Å². The molecule has 0 aliphatic carbocycles. The number of nitrogens with two attached hydrogens (primary N) is 1. The molecule has 0 aliphatic rings. The van der Waals surface area contributed by atoms with E-state index >= 15 is 0 Å². The molecule has 0 saturated carbocycles. The number of rotatable bonds is 5. The Balaban J connectivity index is 3.00. The van der Waals surface area contributed by atoms with Gasteiger partial charge in [0.25, 0.3) is 5.69 Å². The predicted octanol–water partition coefficient (Wildman–Crippen LogP) is 2.14. The number of aryl methyl sites for hydroxylation is 2. The third kappa shape index (κ3) is 3.51. The number of hydrogen-bond acceptors (Lipinski definition) is 4. The normalized spacial score (nSPS) is 12.0. The number of hydrogen-bond donors (Lipinski definition) is 2. The molecule has 1 aromatic rings. The van der Waals surface area contributed by atoms with Crippen LogP contribution in [0.25, 0.3) is 0 Å². The number of carbonyl (C=O) groups excluding carboxylic acids is 1. The largest absolute Gasteiger partial charge is 0.330 e. The van der Waals surface area contributed by atoms with Crippen molar-refractivity contribution in [3.63, 3.8) is 0 Å². The van der Waals surface area contributed by atoms with Crippen molar-refractivity contribution in [2.24, 2.45) is 11.7 Å². The monoisotopic (exact) mass is 265 g/mol. The van der Waals surface area contributed by atoms with Crippen molar-refractivity contribution in [2.75, 3.05) is 11.9 Å². The lowest BCUT2D eigenvalue weighted by Gasteiger charge is -2.14. The number of benzene rings is 1. The summed E-state index contributed by atoms with van der Waals surface area (Å²) in [5, 5.41) is 13.6. The fourth-order valence-electron chi connectivity index (χ4n) is 1.83. The van der Waals surface area contributed by atoms with Crippen LogP contribution in [0.4, 0.5) is 11.4 Å². The van der Waals surface area contributed by atoms with E-state index in [1.54, 1.807) is 19.9 Å². The number of nitro groups is 1. The molecule has 1 unspecified atom stereocenters. The van der Waals surface area contributed by atoms with Crippen molar-refractivity contribution >= 4 is 17.3 Å². The van der Waals surface area contributed by atoms with E-state index < -0.39 is 4.92 Å². The first-order valence-electron chi connectivity index (χ1n) is 6.17. The van der Waals surface area contributed by atoms with Crippen molar-refractivity contribution in [1.29, 1.82) is 0 Å². The maximum absolute atomic E-state index is 11.9. The molecule has 0 radical (unpaired) electrons. The van der Waals surface area contributed by atoms with Crippen LogP contribution in [0.3, 0.4) is 0 Å². The zero-order chi connectivity index (χ0) is 14.6. The molecule has 1 aromatic carbocycles. The summed E-state index contributed by atoms with van der Waals surface area (Å²) in [5.74, 6) is -0.392. The summed E-state index contributed by atoms with van der Waals surface area (Å²) in [5.41, 5.74) is 7.36. The quantitative estimate of drug-likeness (QED) is 0.629. The molecule has 0 aliphatic heterocycles. The highest BCUT2D eigenvalue weighted by Gasteiger charge is 2.18. The summed E-state index contributed by atoms with van der Waals surface area (Å²) in [6.45, 7) is 5.55. The van der Waals surface area contributed by atoms with Gasteiger partial charge in [-0.15, -0.1) is 0 Å². The average molecular weight is 265 g/mol. The van der Waals surface area contributed by atoms with E-state index in [0.717, 1.165) is 0 Å². The molecule has 104 valence electrons. The molecule has 1 rings (SSSR count). The first kappa shape index (κ1) is 15.1. The van der Waals surface area contributed by atoms with Crippen LogP contribution in [0.15, 0.2) is 12.1 Å². The summed E-state index contributed by atoms with van der Waals surface area (Å²) in [7, 11) is 0. The van der Waals surface area contributed by atoms with Crippen LogP contribution in [0, 0.1) is 29.9 Å². The van der Waals surface area contributed by atoms with Gasteiger partial charge >= 0.3 is 0 Å². The van der Waals surface area contributed by atoms with Crippen LogP contribution in [0.5, 0.6) is 0 Å². The first-order chi connectivity index (χ1) is 8.90. The van der Waals surface area contributed by atoms with Gasteiger partial charge in [0.05, 0.1) is 10.8 Å². The highest BCUT2D eigenvalue weighted by Crippen LogP contribution is 2.26. The molecule has 0 aromatic heterocycles. The second-order valence-electron chi connectivity index (χ2n) is 4.54. The minimum absolute atomic E-state index is 0.0568. The van der Waals surface area contributed by atoms with Gasteiger partial charge in [-0.25, -0.2) is 0 Å². The number of nitrogens with zero attached hydrogens (tertiary/aromatic N) is 1. The standard InChI is InChI=1S/C13H19N3O3/c1-4-10(7-14)13(17)15-11-5-9(3)12(16(18)19)6-8(11)2/h5-6,10H,4,7,14H2,1-3H3,(H,15,17). The van der Waals surface area contributed by atoms with Gasteiger partial charge in [-0.1, -0.05) is 6.92 Å². The molecule has 1 atom stereocenters. The maximum atomic E-state index is 11.9. The molecule has 0 saturated heterocycles. The van der Waals surface area contributed by atoms with Crippen LogP contribution in [0.2, 0.25) is 0 Å². The Morgan fingerprint density at radius 2 is 2.05 bits per heavy atom. The van der Waals surface area contributed by atoms with Gasteiger partial charge in [-0.2, -0.15) is 0 Å². The molecular weight excluding hydrogens is 246 g/mol. The van der Waals surface area contributed by atoms with Gasteiger partial charge in [0.1, 0.15) is 0 Å². The van der Waals surface area contributed by atoms with E-state index in [4.69, 9.17) is 5.73 Å². The average Bonchev–Trinajstić information content (AvgIpc) is 2.34. The highest BCUT2D eigenvalue weighted by atomic mass is 16.6. The smallest absolute Gasteiger partial charge is 0.272 e. The molecule has 0 spiro atoms. The van der Waals surface area contributed by atoms with Crippen molar-refractivity contribution in [3.8, 4) is 0 Å². The minimum Gasteiger partial charge on any atom is -0.330 e. The summed E-state index contributed by atoms with van der Waals surface area (Å²) >= 11 is 0. The summed E-state index contributed by atoms with van der Waals surface area (Å²) in [4.78, 5) is 22.3. The van der Waals surface area contributed by atoms with Gasteiger partial charge in [-0.05, 0) is 31.9 Å². The van der Waals surface area contributed by atoms with E-state index in [-0.39, 0.29) is 24.1 Å². The zero-order valence-electron chi connectivity index (χ0n) is 11.4.